The van der Waals surface area contributed by atoms with Crippen molar-refractivity contribution in [2.75, 3.05) is 0 Å². The fraction of sp³-hybridized carbons (Fsp3) is 0.143. The van der Waals surface area contributed by atoms with Crippen molar-refractivity contribution in [1.29, 1.82) is 0 Å². The first kappa shape index (κ1) is 14.2. The van der Waals surface area contributed by atoms with Gasteiger partial charge in [-0.15, -0.1) is 11.6 Å². The predicted molar refractivity (Wildman–Crippen MR) is 83.0 cm³/mol. The first-order chi connectivity index (χ1) is 8.50. The highest BCUT2D eigenvalue weighted by molar-refractivity contribution is 9.10. The van der Waals surface area contributed by atoms with E-state index in [1.165, 1.54) is 0 Å². The minimum atomic E-state index is -0.285. The standard InChI is InChI=1S/C14H10BrCl3/c1-8-10(3-2-4-12(8)15)14(18)11-6-5-9(16)7-13(11)17/h2-7,14H,1H3. The van der Waals surface area contributed by atoms with Crippen LogP contribution in [0.3, 0.4) is 0 Å². The van der Waals surface area contributed by atoms with Crippen LogP contribution in [-0.2, 0) is 0 Å². The summed E-state index contributed by atoms with van der Waals surface area (Å²) in [4.78, 5) is 0. The molecule has 0 bridgehead atoms. The Morgan fingerprint density at radius 2 is 1.78 bits per heavy atom. The molecule has 0 amide bonds. The predicted octanol–water partition coefficient (Wildman–Crippen LogP) is 6.39. The Morgan fingerprint density at radius 1 is 1.06 bits per heavy atom. The molecule has 0 saturated carbocycles. The lowest BCUT2D eigenvalue weighted by molar-refractivity contribution is 1.10. The van der Waals surface area contributed by atoms with E-state index in [9.17, 15) is 0 Å². The van der Waals surface area contributed by atoms with E-state index in [1.807, 2.05) is 31.2 Å². The van der Waals surface area contributed by atoms with Crippen molar-refractivity contribution in [3.05, 3.63) is 67.6 Å². The van der Waals surface area contributed by atoms with Crippen molar-refractivity contribution in [1.82, 2.24) is 0 Å². The molecule has 0 heterocycles. The summed E-state index contributed by atoms with van der Waals surface area (Å²) >= 11 is 22.1. The van der Waals surface area contributed by atoms with Gasteiger partial charge < -0.3 is 0 Å². The number of alkyl halides is 1. The molecule has 0 aliphatic carbocycles. The minimum Gasteiger partial charge on any atom is -0.113 e. The van der Waals surface area contributed by atoms with Gasteiger partial charge in [0.25, 0.3) is 0 Å². The van der Waals surface area contributed by atoms with Crippen LogP contribution in [0.5, 0.6) is 0 Å². The smallest absolute Gasteiger partial charge is 0.0852 e. The summed E-state index contributed by atoms with van der Waals surface area (Å²) in [5.74, 6) is 0. The third-order valence-electron chi connectivity index (χ3n) is 2.82. The number of halogens is 4. The summed E-state index contributed by atoms with van der Waals surface area (Å²) < 4.78 is 1.04. The van der Waals surface area contributed by atoms with Crippen molar-refractivity contribution < 1.29 is 0 Å². The van der Waals surface area contributed by atoms with E-state index in [4.69, 9.17) is 34.8 Å². The highest BCUT2D eigenvalue weighted by Gasteiger charge is 2.17. The molecule has 4 heteroatoms. The van der Waals surface area contributed by atoms with E-state index < -0.39 is 0 Å². The molecule has 0 N–H and O–H groups in total. The molecule has 18 heavy (non-hydrogen) atoms. The average Bonchev–Trinajstić information content (AvgIpc) is 2.32. The molecule has 2 aromatic carbocycles. The monoisotopic (exact) mass is 362 g/mol. The molecule has 0 fully saturated rings. The van der Waals surface area contributed by atoms with Gasteiger partial charge in [0.15, 0.2) is 0 Å². The molecule has 0 aromatic heterocycles. The third kappa shape index (κ3) is 2.85. The van der Waals surface area contributed by atoms with Gasteiger partial charge in [-0.2, -0.15) is 0 Å². The van der Waals surface area contributed by atoms with Gasteiger partial charge in [-0.05, 0) is 41.8 Å². The van der Waals surface area contributed by atoms with Crippen LogP contribution in [0.15, 0.2) is 40.9 Å². The van der Waals surface area contributed by atoms with Crippen molar-refractivity contribution in [2.45, 2.75) is 12.3 Å². The number of hydrogen-bond acceptors (Lipinski definition) is 0. The molecular weight excluding hydrogens is 354 g/mol. The Morgan fingerprint density at radius 3 is 2.44 bits per heavy atom. The quantitative estimate of drug-likeness (QED) is 0.541. The minimum absolute atomic E-state index is 0.285. The van der Waals surface area contributed by atoms with Gasteiger partial charge in [-0.25, -0.2) is 0 Å². The van der Waals surface area contributed by atoms with Gasteiger partial charge in [0, 0.05) is 14.5 Å². The van der Waals surface area contributed by atoms with Crippen LogP contribution in [0.25, 0.3) is 0 Å². The maximum atomic E-state index is 6.52. The van der Waals surface area contributed by atoms with Crippen molar-refractivity contribution in [3.8, 4) is 0 Å². The number of hydrogen-bond donors (Lipinski definition) is 0. The van der Waals surface area contributed by atoms with Crippen LogP contribution in [0, 0.1) is 6.92 Å². The largest absolute Gasteiger partial charge is 0.113 e. The summed E-state index contributed by atoms with van der Waals surface area (Å²) in [6, 6.07) is 11.3. The molecule has 1 unspecified atom stereocenters. The molecule has 2 aromatic rings. The molecule has 94 valence electrons. The first-order valence-corrected chi connectivity index (χ1v) is 7.33. The molecular formula is C14H10BrCl3. The zero-order valence-electron chi connectivity index (χ0n) is 9.55. The van der Waals surface area contributed by atoms with E-state index in [2.05, 4.69) is 15.9 Å². The van der Waals surface area contributed by atoms with E-state index in [1.54, 1.807) is 12.1 Å². The number of rotatable bonds is 2. The second kappa shape index (κ2) is 5.83. The molecule has 0 saturated heterocycles. The molecule has 0 aliphatic heterocycles. The fourth-order valence-electron chi connectivity index (χ4n) is 1.77. The molecule has 0 radical (unpaired) electrons. The summed E-state index contributed by atoms with van der Waals surface area (Å²) in [7, 11) is 0. The Hall–Kier alpha value is -0.210. The van der Waals surface area contributed by atoms with E-state index in [-0.39, 0.29) is 5.38 Å². The lowest BCUT2D eigenvalue weighted by Gasteiger charge is -2.15. The second-order valence-corrected chi connectivity index (χ2v) is 6.12. The molecule has 1 atom stereocenters. The van der Waals surface area contributed by atoms with Gasteiger partial charge >= 0.3 is 0 Å². The zero-order chi connectivity index (χ0) is 13.3. The van der Waals surface area contributed by atoms with Gasteiger partial charge in [0.2, 0.25) is 0 Å². The summed E-state index contributed by atoms with van der Waals surface area (Å²) in [5.41, 5.74) is 3.02. The van der Waals surface area contributed by atoms with Gasteiger partial charge in [0.05, 0.1) is 5.38 Å². The Labute approximate surface area is 130 Å². The lowest BCUT2D eigenvalue weighted by Crippen LogP contribution is -1.97. The van der Waals surface area contributed by atoms with Gasteiger partial charge in [0.1, 0.15) is 0 Å². The third-order valence-corrected chi connectivity index (χ3v) is 4.71. The Kier molecular flexibility index (Phi) is 4.60. The van der Waals surface area contributed by atoms with E-state index in [0.717, 1.165) is 21.2 Å². The normalized spacial score (nSPS) is 12.5. The number of benzene rings is 2. The lowest BCUT2D eigenvalue weighted by atomic mass is 10.00. The van der Waals surface area contributed by atoms with Crippen molar-refractivity contribution >= 4 is 50.7 Å². The van der Waals surface area contributed by atoms with Crippen molar-refractivity contribution in [3.63, 3.8) is 0 Å². The van der Waals surface area contributed by atoms with E-state index in [0.29, 0.717) is 10.0 Å². The van der Waals surface area contributed by atoms with Crippen LogP contribution >= 0.6 is 50.7 Å². The maximum absolute atomic E-state index is 6.52. The van der Waals surface area contributed by atoms with Crippen LogP contribution in [0.1, 0.15) is 22.1 Å². The molecule has 0 aliphatic rings. The van der Waals surface area contributed by atoms with Crippen LogP contribution in [0.4, 0.5) is 0 Å². The highest BCUT2D eigenvalue weighted by atomic mass is 79.9. The average molecular weight is 364 g/mol. The van der Waals surface area contributed by atoms with E-state index >= 15 is 0 Å². The zero-order valence-corrected chi connectivity index (χ0v) is 13.4. The highest BCUT2D eigenvalue weighted by Crippen LogP contribution is 2.37. The van der Waals surface area contributed by atoms with Gasteiger partial charge in [-0.3, -0.25) is 0 Å². The Balaban J connectivity index is 2.48. The molecule has 2 rings (SSSR count). The summed E-state index contributed by atoms with van der Waals surface area (Å²) in [6.07, 6.45) is 0. The van der Waals surface area contributed by atoms with Crippen LogP contribution < -0.4 is 0 Å². The van der Waals surface area contributed by atoms with Crippen LogP contribution in [-0.4, -0.2) is 0 Å². The second-order valence-electron chi connectivity index (χ2n) is 3.98. The van der Waals surface area contributed by atoms with Gasteiger partial charge in [-0.1, -0.05) is 57.3 Å². The first-order valence-electron chi connectivity index (χ1n) is 5.34. The Bertz CT molecular complexity index is 581. The topological polar surface area (TPSA) is 0 Å². The van der Waals surface area contributed by atoms with Crippen molar-refractivity contribution in [2.24, 2.45) is 0 Å². The van der Waals surface area contributed by atoms with Crippen LogP contribution in [0.2, 0.25) is 10.0 Å². The fourth-order valence-corrected chi connectivity index (χ4v) is 3.15. The summed E-state index contributed by atoms with van der Waals surface area (Å²) in [6.45, 7) is 2.03. The molecule has 0 spiro atoms. The maximum Gasteiger partial charge on any atom is 0.0852 e. The molecule has 0 nitrogen and oxygen atoms in total. The SMILES string of the molecule is Cc1c(Br)cccc1C(Cl)c1ccc(Cl)cc1Cl. The summed E-state index contributed by atoms with van der Waals surface area (Å²) in [5, 5.41) is 0.910.